The molecule has 2 rings (SSSR count). The highest BCUT2D eigenvalue weighted by molar-refractivity contribution is 7.91. The highest BCUT2D eigenvalue weighted by Crippen LogP contribution is 2.37. The number of carbonyl (C=O) groups is 1. The van der Waals surface area contributed by atoms with E-state index in [0.717, 1.165) is 32.1 Å². The number of aldehydes is 1. The van der Waals surface area contributed by atoms with Crippen LogP contribution in [0.25, 0.3) is 0 Å². The zero-order chi connectivity index (χ0) is 21.8. The minimum atomic E-state index is -5.02. The normalized spacial score (nSPS) is 16.8. The van der Waals surface area contributed by atoms with Crippen LogP contribution < -0.4 is 10.5 Å². The number of primary sulfonamides is 1. The molecule has 1 aliphatic rings. The van der Waals surface area contributed by atoms with Gasteiger partial charge in [-0.25, -0.2) is 35.1 Å². The number of hydrogen-bond donors (Lipinski definition) is 2. The molecule has 0 unspecified atom stereocenters. The first-order valence-electron chi connectivity index (χ1n) is 9.17. The summed E-state index contributed by atoms with van der Waals surface area (Å²) in [5.41, 5.74) is -0.968. The third-order valence-corrected chi connectivity index (χ3v) is 7.50. The molecule has 1 aromatic rings. The van der Waals surface area contributed by atoms with Crippen LogP contribution in [-0.4, -0.2) is 34.9 Å². The van der Waals surface area contributed by atoms with Gasteiger partial charge in [-0.2, -0.15) is 0 Å². The Morgan fingerprint density at radius 3 is 1.93 bits per heavy atom. The van der Waals surface area contributed by atoms with Crippen molar-refractivity contribution in [3.63, 3.8) is 0 Å². The molecule has 0 radical (unpaired) electrons. The minimum absolute atomic E-state index is 0.267. The van der Waals surface area contributed by atoms with Gasteiger partial charge in [0.05, 0.1) is 11.4 Å². The molecule has 0 saturated heterocycles. The summed E-state index contributed by atoms with van der Waals surface area (Å²) in [6.45, 7) is 0. The van der Waals surface area contributed by atoms with Gasteiger partial charge < -0.3 is 10.1 Å². The number of anilines is 1. The van der Waals surface area contributed by atoms with Crippen LogP contribution in [-0.2, 0) is 24.7 Å². The summed E-state index contributed by atoms with van der Waals surface area (Å²) in [4.78, 5) is 7.47. The number of sulfone groups is 1. The van der Waals surface area contributed by atoms with Crippen LogP contribution in [0.15, 0.2) is 9.79 Å². The molecule has 0 amide bonds. The van der Waals surface area contributed by atoms with Gasteiger partial charge in [0.2, 0.25) is 10.0 Å². The number of rotatable bonds is 7. The van der Waals surface area contributed by atoms with Crippen LogP contribution in [0.4, 0.5) is 18.9 Å². The van der Waals surface area contributed by atoms with Crippen molar-refractivity contribution in [3.8, 4) is 0 Å². The second kappa shape index (κ2) is 9.43. The van der Waals surface area contributed by atoms with Crippen molar-refractivity contribution in [2.75, 3.05) is 11.1 Å². The minimum Gasteiger partial charge on any atom is -0.379 e. The number of nitrogens with one attached hydrogen (secondary N) is 1. The molecule has 1 aliphatic carbocycles. The third-order valence-electron chi connectivity index (χ3n) is 4.79. The molecular formula is C17H23F3N2O5S2. The van der Waals surface area contributed by atoms with E-state index in [1.165, 1.54) is 0 Å². The Morgan fingerprint density at radius 2 is 1.41 bits per heavy atom. The standard InChI is InChI=1S/C17H23F3N2O5S2/c18-12-13(19)17(28(24,25)10-6-9-23)15(14(20)16(12)29(21,26)27)22-11-7-4-2-1-3-5-8-11/h9,11,22H,1-8,10H2,(H2,21,26,27). The first-order valence-corrected chi connectivity index (χ1v) is 12.4. The van der Waals surface area contributed by atoms with Crippen molar-refractivity contribution in [3.05, 3.63) is 17.5 Å². The summed E-state index contributed by atoms with van der Waals surface area (Å²) in [7, 11) is -9.67. The van der Waals surface area contributed by atoms with Crippen LogP contribution in [0.3, 0.4) is 0 Å². The Kier molecular flexibility index (Phi) is 7.68. The number of hydrogen-bond acceptors (Lipinski definition) is 6. The summed E-state index contributed by atoms with van der Waals surface area (Å²) in [5, 5.41) is 7.40. The Morgan fingerprint density at radius 1 is 0.897 bits per heavy atom. The third kappa shape index (κ3) is 5.48. The molecule has 3 N–H and O–H groups in total. The monoisotopic (exact) mass is 456 g/mol. The quantitative estimate of drug-likeness (QED) is 0.480. The maximum absolute atomic E-state index is 15.0. The van der Waals surface area contributed by atoms with E-state index in [1.54, 1.807) is 0 Å². The highest BCUT2D eigenvalue weighted by atomic mass is 32.2. The van der Waals surface area contributed by atoms with Gasteiger partial charge in [0.1, 0.15) is 11.2 Å². The van der Waals surface area contributed by atoms with Gasteiger partial charge in [-0.3, -0.25) is 0 Å². The number of sulfonamides is 1. The summed E-state index contributed by atoms with van der Waals surface area (Å²) in [5.74, 6) is -6.94. The van der Waals surface area contributed by atoms with Gasteiger partial charge >= 0.3 is 0 Å². The van der Waals surface area contributed by atoms with E-state index in [4.69, 9.17) is 5.14 Å². The van der Waals surface area contributed by atoms with Crippen molar-refractivity contribution >= 4 is 31.8 Å². The van der Waals surface area contributed by atoms with Gasteiger partial charge in [0.15, 0.2) is 32.2 Å². The maximum atomic E-state index is 15.0. The van der Waals surface area contributed by atoms with Gasteiger partial charge in [-0.05, 0) is 12.8 Å². The maximum Gasteiger partial charge on any atom is 0.244 e. The molecule has 1 fully saturated rings. The lowest BCUT2D eigenvalue weighted by molar-refractivity contribution is -0.107. The van der Waals surface area contributed by atoms with Gasteiger partial charge in [-0.1, -0.05) is 32.1 Å². The van der Waals surface area contributed by atoms with Crippen molar-refractivity contribution in [2.45, 2.75) is 67.2 Å². The van der Waals surface area contributed by atoms with E-state index in [-0.39, 0.29) is 6.29 Å². The largest absolute Gasteiger partial charge is 0.379 e. The van der Waals surface area contributed by atoms with E-state index in [2.05, 4.69) is 5.32 Å². The summed E-state index contributed by atoms with van der Waals surface area (Å²) < 4.78 is 92.2. The Bertz CT molecular complexity index is 974. The van der Waals surface area contributed by atoms with Crippen LogP contribution >= 0.6 is 0 Å². The van der Waals surface area contributed by atoms with Crippen LogP contribution in [0.2, 0.25) is 0 Å². The molecule has 0 aliphatic heterocycles. The second-order valence-electron chi connectivity index (χ2n) is 6.98. The van der Waals surface area contributed by atoms with Gasteiger partial charge in [0.25, 0.3) is 0 Å². The van der Waals surface area contributed by atoms with E-state index in [1.807, 2.05) is 0 Å². The number of benzene rings is 1. The number of carbonyl (C=O) groups excluding carboxylic acids is 1. The molecule has 0 heterocycles. The van der Waals surface area contributed by atoms with Crippen LogP contribution in [0.1, 0.15) is 51.4 Å². The Labute approximate surface area is 167 Å². The zero-order valence-corrected chi connectivity index (χ0v) is 17.2. The number of halogens is 3. The fourth-order valence-electron chi connectivity index (χ4n) is 3.40. The van der Waals surface area contributed by atoms with Crippen molar-refractivity contribution in [1.82, 2.24) is 0 Å². The highest BCUT2D eigenvalue weighted by Gasteiger charge is 2.36. The molecule has 29 heavy (non-hydrogen) atoms. The summed E-state index contributed by atoms with van der Waals surface area (Å²) >= 11 is 0. The smallest absolute Gasteiger partial charge is 0.244 e. The van der Waals surface area contributed by atoms with Crippen molar-refractivity contribution in [2.24, 2.45) is 5.14 Å². The molecule has 0 spiro atoms. The molecule has 164 valence electrons. The molecule has 12 heteroatoms. The molecule has 0 bridgehead atoms. The summed E-state index contributed by atoms with van der Waals surface area (Å²) in [6.07, 6.45) is 5.10. The van der Waals surface area contributed by atoms with E-state index >= 15 is 0 Å². The topological polar surface area (TPSA) is 123 Å². The average Bonchev–Trinajstić information content (AvgIpc) is 2.58. The molecule has 0 aromatic heterocycles. The van der Waals surface area contributed by atoms with Crippen LogP contribution in [0.5, 0.6) is 0 Å². The first-order chi connectivity index (χ1) is 13.5. The van der Waals surface area contributed by atoms with Crippen molar-refractivity contribution in [1.29, 1.82) is 0 Å². The van der Waals surface area contributed by atoms with E-state index < -0.39 is 71.0 Å². The first kappa shape index (κ1) is 23.6. The average molecular weight is 457 g/mol. The Hall–Kier alpha value is -1.66. The molecule has 0 atom stereocenters. The molecular weight excluding hydrogens is 433 g/mol. The lowest BCUT2D eigenvalue weighted by Crippen LogP contribution is -2.27. The number of nitrogens with two attached hydrogens (primary N) is 1. The van der Waals surface area contributed by atoms with Crippen molar-refractivity contribution < 1.29 is 34.8 Å². The fourth-order valence-corrected chi connectivity index (χ4v) is 5.52. The predicted octanol–water partition coefficient (Wildman–Crippen LogP) is 2.64. The predicted molar refractivity (Wildman–Crippen MR) is 100 cm³/mol. The SMILES string of the molecule is NS(=O)(=O)c1c(F)c(F)c(S(=O)(=O)CCC=O)c(NC2CCCCCCC2)c1F. The molecule has 7 nitrogen and oxygen atoms in total. The Balaban J connectivity index is 2.69. The molecule has 1 saturated carbocycles. The lowest BCUT2D eigenvalue weighted by atomic mass is 9.96. The zero-order valence-electron chi connectivity index (χ0n) is 15.6. The van der Waals surface area contributed by atoms with Crippen LogP contribution in [0, 0.1) is 17.5 Å². The lowest BCUT2D eigenvalue weighted by Gasteiger charge is -2.25. The van der Waals surface area contributed by atoms with E-state index in [0.29, 0.717) is 12.8 Å². The molecule has 1 aromatic carbocycles. The summed E-state index contributed by atoms with van der Waals surface area (Å²) in [6, 6.07) is -0.469. The fraction of sp³-hybridized carbons (Fsp3) is 0.588. The second-order valence-corrected chi connectivity index (χ2v) is 10.5. The van der Waals surface area contributed by atoms with Gasteiger partial charge in [-0.15, -0.1) is 0 Å². The van der Waals surface area contributed by atoms with E-state index in [9.17, 15) is 34.8 Å². The van der Waals surface area contributed by atoms with Gasteiger partial charge in [0, 0.05) is 12.5 Å².